The summed E-state index contributed by atoms with van der Waals surface area (Å²) in [6, 6.07) is 5.56. The van der Waals surface area contributed by atoms with Gasteiger partial charge in [0, 0.05) is 18.7 Å². The number of alkyl halides is 5. The van der Waals surface area contributed by atoms with Crippen LogP contribution >= 0.6 is 0 Å². The van der Waals surface area contributed by atoms with Crippen molar-refractivity contribution in [3.8, 4) is 5.75 Å². The molecule has 0 aliphatic rings. The van der Waals surface area contributed by atoms with Crippen molar-refractivity contribution in [2.45, 2.75) is 25.6 Å². The molecular formula is C11H12F5NO. The van der Waals surface area contributed by atoms with E-state index in [9.17, 15) is 22.0 Å². The van der Waals surface area contributed by atoms with Gasteiger partial charge in [0.2, 0.25) is 0 Å². The third-order valence-electron chi connectivity index (χ3n) is 2.05. The Morgan fingerprint density at radius 3 is 2.22 bits per heavy atom. The normalized spacial score (nSPS) is 11.7. The molecule has 0 amide bonds. The zero-order valence-corrected chi connectivity index (χ0v) is 9.31. The van der Waals surface area contributed by atoms with E-state index in [-0.39, 0.29) is 18.7 Å². The summed E-state index contributed by atoms with van der Waals surface area (Å²) in [5.74, 6) is 0.00541. The fourth-order valence-electron chi connectivity index (χ4n) is 1.28. The molecule has 1 rings (SSSR count). The molecule has 0 bridgehead atoms. The lowest BCUT2D eigenvalue weighted by Gasteiger charge is -2.09. The average molecular weight is 269 g/mol. The molecule has 18 heavy (non-hydrogen) atoms. The van der Waals surface area contributed by atoms with Gasteiger partial charge in [0.1, 0.15) is 5.75 Å². The van der Waals surface area contributed by atoms with E-state index in [1.54, 1.807) is 0 Å². The molecule has 0 atom stereocenters. The van der Waals surface area contributed by atoms with Crippen molar-refractivity contribution in [1.82, 2.24) is 0 Å². The highest BCUT2D eigenvalue weighted by molar-refractivity contribution is 5.46. The third-order valence-corrected chi connectivity index (χ3v) is 2.05. The van der Waals surface area contributed by atoms with Crippen LogP contribution in [0.4, 0.5) is 27.6 Å². The molecule has 0 saturated carbocycles. The molecule has 0 unspecified atom stereocenters. The van der Waals surface area contributed by atoms with Crippen LogP contribution in [0.2, 0.25) is 0 Å². The van der Waals surface area contributed by atoms with Gasteiger partial charge >= 0.3 is 12.8 Å². The van der Waals surface area contributed by atoms with E-state index >= 15 is 0 Å². The summed E-state index contributed by atoms with van der Waals surface area (Å²) in [5.41, 5.74) is 0.554. The first-order valence-electron chi connectivity index (χ1n) is 5.22. The van der Waals surface area contributed by atoms with Gasteiger partial charge in [-0.05, 0) is 30.7 Å². The van der Waals surface area contributed by atoms with Crippen LogP contribution in [0.25, 0.3) is 0 Å². The van der Waals surface area contributed by atoms with Crippen LogP contribution in [0.5, 0.6) is 5.75 Å². The SMILES string of the molecule is FC(F)Oc1ccc(NCCCC(F)(F)F)cc1. The third kappa shape index (κ3) is 6.27. The fraction of sp³-hybridized carbons (Fsp3) is 0.455. The monoisotopic (exact) mass is 269 g/mol. The van der Waals surface area contributed by atoms with Crippen molar-refractivity contribution in [3.63, 3.8) is 0 Å². The molecule has 1 N–H and O–H groups in total. The molecule has 0 saturated heterocycles. The van der Waals surface area contributed by atoms with E-state index < -0.39 is 19.2 Å². The molecule has 2 nitrogen and oxygen atoms in total. The van der Waals surface area contributed by atoms with Crippen molar-refractivity contribution in [2.24, 2.45) is 0 Å². The first kappa shape index (κ1) is 14.5. The van der Waals surface area contributed by atoms with E-state index in [2.05, 4.69) is 10.1 Å². The Morgan fingerprint density at radius 1 is 1.11 bits per heavy atom. The zero-order valence-electron chi connectivity index (χ0n) is 9.31. The van der Waals surface area contributed by atoms with E-state index in [0.29, 0.717) is 5.69 Å². The Morgan fingerprint density at radius 2 is 1.72 bits per heavy atom. The molecule has 0 heterocycles. The predicted octanol–water partition coefficient (Wildman–Crippen LogP) is 4.04. The Kier molecular flexibility index (Phi) is 5.18. The number of ether oxygens (including phenoxy) is 1. The minimum Gasteiger partial charge on any atom is -0.435 e. The molecule has 102 valence electrons. The Hall–Kier alpha value is -1.53. The number of benzene rings is 1. The van der Waals surface area contributed by atoms with Crippen molar-refractivity contribution >= 4 is 5.69 Å². The molecular weight excluding hydrogens is 257 g/mol. The second-order valence-corrected chi connectivity index (χ2v) is 3.55. The lowest BCUT2D eigenvalue weighted by molar-refractivity contribution is -0.134. The lowest BCUT2D eigenvalue weighted by atomic mass is 10.2. The van der Waals surface area contributed by atoms with Crippen LogP contribution in [0.15, 0.2) is 24.3 Å². The predicted molar refractivity (Wildman–Crippen MR) is 56.9 cm³/mol. The van der Waals surface area contributed by atoms with Crippen LogP contribution in [-0.4, -0.2) is 19.3 Å². The molecule has 0 fully saturated rings. The highest BCUT2D eigenvalue weighted by Gasteiger charge is 2.25. The zero-order chi connectivity index (χ0) is 13.6. The molecule has 0 spiro atoms. The maximum Gasteiger partial charge on any atom is 0.389 e. The highest BCUT2D eigenvalue weighted by atomic mass is 19.4. The van der Waals surface area contributed by atoms with Crippen LogP contribution in [-0.2, 0) is 0 Å². The van der Waals surface area contributed by atoms with E-state index in [0.717, 1.165) is 0 Å². The molecule has 0 aliphatic carbocycles. The summed E-state index contributed by atoms with van der Waals surface area (Å²) in [6.45, 7) is -2.73. The number of rotatable bonds is 6. The van der Waals surface area contributed by atoms with Gasteiger partial charge in [-0.3, -0.25) is 0 Å². The molecule has 0 aromatic heterocycles. The van der Waals surface area contributed by atoms with Gasteiger partial charge in [-0.15, -0.1) is 0 Å². The quantitative estimate of drug-likeness (QED) is 0.621. The Balaban J connectivity index is 2.31. The number of hydrogen-bond donors (Lipinski definition) is 1. The van der Waals surface area contributed by atoms with Crippen LogP contribution in [0, 0.1) is 0 Å². The van der Waals surface area contributed by atoms with Crippen molar-refractivity contribution in [2.75, 3.05) is 11.9 Å². The molecule has 1 aromatic carbocycles. The summed E-state index contributed by atoms with van der Waals surface area (Å²) >= 11 is 0. The van der Waals surface area contributed by atoms with E-state index in [4.69, 9.17) is 0 Å². The average Bonchev–Trinajstić information content (AvgIpc) is 2.24. The lowest BCUT2D eigenvalue weighted by Crippen LogP contribution is -2.10. The van der Waals surface area contributed by atoms with Crippen LogP contribution in [0.1, 0.15) is 12.8 Å². The summed E-state index contributed by atoms with van der Waals surface area (Å²) in [6.07, 6.45) is -5.05. The van der Waals surface area contributed by atoms with Crippen LogP contribution < -0.4 is 10.1 Å². The second kappa shape index (κ2) is 6.42. The summed E-state index contributed by atoms with van der Waals surface area (Å²) in [5, 5.41) is 2.75. The first-order valence-corrected chi connectivity index (χ1v) is 5.22. The maximum absolute atomic E-state index is 11.8. The van der Waals surface area contributed by atoms with Gasteiger partial charge < -0.3 is 10.1 Å². The standard InChI is InChI=1S/C11H12F5NO/c12-10(13)18-9-4-2-8(3-5-9)17-7-1-6-11(14,15)16/h2-5,10,17H,1,6-7H2. The molecule has 1 aromatic rings. The van der Waals surface area contributed by atoms with Gasteiger partial charge in [-0.1, -0.05) is 0 Å². The van der Waals surface area contributed by atoms with Gasteiger partial charge in [0.15, 0.2) is 0 Å². The number of hydrogen-bond acceptors (Lipinski definition) is 2. The van der Waals surface area contributed by atoms with Gasteiger partial charge in [-0.25, -0.2) is 0 Å². The van der Waals surface area contributed by atoms with Gasteiger partial charge in [-0.2, -0.15) is 22.0 Å². The first-order chi connectivity index (χ1) is 8.37. The number of nitrogens with one attached hydrogen (secondary N) is 1. The van der Waals surface area contributed by atoms with Crippen molar-refractivity contribution in [1.29, 1.82) is 0 Å². The largest absolute Gasteiger partial charge is 0.435 e. The Labute approximate surface area is 101 Å². The summed E-state index contributed by atoms with van der Waals surface area (Å²) < 4.78 is 63.3. The minimum atomic E-state index is -4.16. The van der Waals surface area contributed by atoms with Crippen LogP contribution in [0.3, 0.4) is 0 Å². The van der Waals surface area contributed by atoms with Gasteiger partial charge in [0.25, 0.3) is 0 Å². The fourth-order valence-corrected chi connectivity index (χ4v) is 1.28. The smallest absolute Gasteiger partial charge is 0.389 e. The highest BCUT2D eigenvalue weighted by Crippen LogP contribution is 2.22. The summed E-state index contributed by atoms with van der Waals surface area (Å²) in [4.78, 5) is 0. The van der Waals surface area contributed by atoms with Crippen molar-refractivity contribution in [3.05, 3.63) is 24.3 Å². The van der Waals surface area contributed by atoms with Gasteiger partial charge in [0.05, 0.1) is 0 Å². The Bertz CT molecular complexity index is 349. The van der Waals surface area contributed by atoms with Crippen molar-refractivity contribution < 1.29 is 26.7 Å². The number of anilines is 1. The van der Waals surface area contributed by atoms with E-state index in [1.165, 1.54) is 24.3 Å². The summed E-state index contributed by atoms with van der Waals surface area (Å²) in [7, 11) is 0. The minimum absolute atomic E-state index is 0.00541. The topological polar surface area (TPSA) is 21.3 Å². The van der Waals surface area contributed by atoms with E-state index in [1.807, 2.05) is 0 Å². The molecule has 0 radical (unpaired) electrons. The molecule has 0 aliphatic heterocycles. The maximum atomic E-state index is 11.8. The molecule has 7 heteroatoms. The number of halogens is 5. The second-order valence-electron chi connectivity index (χ2n) is 3.55.